The van der Waals surface area contributed by atoms with Crippen molar-refractivity contribution < 1.29 is 9.53 Å². The normalized spacial score (nSPS) is 16.2. The number of nitrogens with zero attached hydrogens (tertiary/aromatic N) is 1. The van der Waals surface area contributed by atoms with Gasteiger partial charge in [-0.2, -0.15) is 0 Å². The number of thioether (sulfide) groups is 1. The van der Waals surface area contributed by atoms with Crippen LogP contribution in [0.5, 0.6) is 0 Å². The summed E-state index contributed by atoms with van der Waals surface area (Å²) < 4.78 is 5.28. The lowest BCUT2D eigenvalue weighted by molar-refractivity contribution is -0.118. The zero-order chi connectivity index (χ0) is 13.3. The van der Waals surface area contributed by atoms with Crippen LogP contribution in [0, 0.1) is 0 Å². The van der Waals surface area contributed by atoms with Crippen LogP contribution in [0.4, 0.5) is 0 Å². The second-order valence-electron chi connectivity index (χ2n) is 4.41. The Balaban J connectivity index is 1.57. The Hall–Kier alpha value is -1.04. The molecule has 1 aromatic rings. The molecule has 0 bridgehead atoms. The molecule has 5 heteroatoms. The Morgan fingerprint density at radius 3 is 2.74 bits per heavy atom. The molecule has 1 amide bonds. The van der Waals surface area contributed by atoms with Crippen LogP contribution >= 0.6 is 11.8 Å². The number of carbonyl (C=O) groups excluding carboxylic acids is 1. The Bertz CT molecular complexity index is 380. The van der Waals surface area contributed by atoms with E-state index in [1.807, 2.05) is 30.3 Å². The highest BCUT2D eigenvalue weighted by atomic mass is 32.2. The van der Waals surface area contributed by atoms with Crippen LogP contribution in [0.1, 0.15) is 0 Å². The van der Waals surface area contributed by atoms with Gasteiger partial charge in [-0.05, 0) is 12.1 Å². The van der Waals surface area contributed by atoms with Crippen LogP contribution in [-0.4, -0.2) is 56.0 Å². The molecule has 0 aliphatic carbocycles. The van der Waals surface area contributed by atoms with Gasteiger partial charge in [-0.3, -0.25) is 9.69 Å². The van der Waals surface area contributed by atoms with Crippen molar-refractivity contribution >= 4 is 17.7 Å². The van der Waals surface area contributed by atoms with Crippen molar-refractivity contribution in [3.05, 3.63) is 30.3 Å². The van der Waals surface area contributed by atoms with Gasteiger partial charge in [0.05, 0.1) is 19.0 Å². The van der Waals surface area contributed by atoms with E-state index in [0.717, 1.165) is 37.7 Å². The molecule has 0 unspecified atom stereocenters. The molecule has 1 aromatic carbocycles. The molecule has 0 saturated carbocycles. The number of ether oxygens (including phenoxy) is 1. The van der Waals surface area contributed by atoms with Crippen molar-refractivity contribution in [3.63, 3.8) is 0 Å². The summed E-state index contributed by atoms with van der Waals surface area (Å²) in [7, 11) is 0. The Labute approximate surface area is 118 Å². The molecule has 0 aromatic heterocycles. The Kier molecular flexibility index (Phi) is 6.20. The van der Waals surface area contributed by atoms with Crippen molar-refractivity contribution in [1.82, 2.24) is 10.2 Å². The van der Waals surface area contributed by atoms with E-state index in [1.165, 1.54) is 0 Å². The number of benzene rings is 1. The molecule has 1 aliphatic heterocycles. The third-order valence-corrected chi connectivity index (χ3v) is 3.98. The summed E-state index contributed by atoms with van der Waals surface area (Å²) in [6, 6.07) is 9.99. The summed E-state index contributed by atoms with van der Waals surface area (Å²) in [5.74, 6) is 0.578. The molecule has 1 saturated heterocycles. The molecule has 0 radical (unpaired) electrons. The van der Waals surface area contributed by atoms with Crippen molar-refractivity contribution in [2.45, 2.75) is 4.90 Å². The predicted molar refractivity (Wildman–Crippen MR) is 77.4 cm³/mol. The molecule has 1 N–H and O–H groups in total. The molecule has 0 atom stereocenters. The maximum Gasteiger partial charge on any atom is 0.230 e. The van der Waals surface area contributed by atoms with E-state index in [4.69, 9.17) is 4.74 Å². The van der Waals surface area contributed by atoms with Gasteiger partial charge in [0.2, 0.25) is 5.91 Å². The van der Waals surface area contributed by atoms with E-state index in [2.05, 4.69) is 10.2 Å². The van der Waals surface area contributed by atoms with E-state index in [1.54, 1.807) is 11.8 Å². The number of carbonyl (C=O) groups is 1. The van der Waals surface area contributed by atoms with E-state index in [9.17, 15) is 4.79 Å². The lowest BCUT2D eigenvalue weighted by Crippen LogP contribution is -2.41. The Morgan fingerprint density at radius 1 is 1.26 bits per heavy atom. The van der Waals surface area contributed by atoms with E-state index >= 15 is 0 Å². The first-order valence-corrected chi connectivity index (χ1v) is 7.58. The average Bonchev–Trinajstić information content (AvgIpc) is 2.47. The molecule has 2 rings (SSSR count). The first-order valence-electron chi connectivity index (χ1n) is 6.59. The number of morpholine rings is 1. The molecular weight excluding hydrogens is 260 g/mol. The minimum atomic E-state index is 0.0992. The average molecular weight is 280 g/mol. The van der Waals surface area contributed by atoms with Crippen LogP contribution in [-0.2, 0) is 9.53 Å². The summed E-state index contributed by atoms with van der Waals surface area (Å²) in [6.07, 6.45) is 0. The largest absolute Gasteiger partial charge is 0.379 e. The second kappa shape index (κ2) is 8.19. The van der Waals surface area contributed by atoms with Crippen molar-refractivity contribution in [2.24, 2.45) is 0 Å². The number of nitrogens with one attached hydrogen (secondary N) is 1. The lowest BCUT2D eigenvalue weighted by Gasteiger charge is -2.26. The minimum Gasteiger partial charge on any atom is -0.379 e. The van der Waals surface area contributed by atoms with Crippen LogP contribution in [0.25, 0.3) is 0 Å². The molecule has 19 heavy (non-hydrogen) atoms. The first-order chi connectivity index (χ1) is 9.34. The predicted octanol–water partition coefficient (Wildman–Crippen LogP) is 1.23. The minimum absolute atomic E-state index is 0.0992. The fourth-order valence-electron chi connectivity index (χ4n) is 1.89. The zero-order valence-electron chi connectivity index (χ0n) is 11.0. The topological polar surface area (TPSA) is 41.6 Å². The maximum absolute atomic E-state index is 11.7. The van der Waals surface area contributed by atoms with Gasteiger partial charge in [0.25, 0.3) is 0 Å². The zero-order valence-corrected chi connectivity index (χ0v) is 11.8. The highest BCUT2D eigenvalue weighted by Crippen LogP contribution is 2.15. The number of hydrogen-bond donors (Lipinski definition) is 1. The summed E-state index contributed by atoms with van der Waals surface area (Å²) in [5.41, 5.74) is 0. The monoisotopic (exact) mass is 280 g/mol. The standard InChI is InChI=1S/C14H20N2O2S/c17-14(12-19-13-4-2-1-3-5-13)15-6-7-16-8-10-18-11-9-16/h1-5H,6-12H2,(H,15,17). The van der Waals surface area contributed by atoms with Crippen molar-refractivity contribution in [3.8, 4) is 0 Å². The van der Waals surface area contributed by atoms with Gasteiger partial charge in [0.15, 0.2) is 0 Å². The molecular formula is C14H20N2O2S. The molecule has 4 nitrogen and oxygen atoms in total. The van der Waals surface area contributed by atoms with Crippen LogP contribution in [0.3, 0.4) is 0 Å². The first kappa shape index (κ1) is 14.4. The number of amides is 1. The summed E-state index contributed by atoms with van der Waals surface area (Å²) in [5, 5.41) is 2.96. The SMILES string of the molecule is O=C(CSc1ccccc1)NCCN1CCOCC1. The highest BCUT2D eigenvalue weighted by Gasteiger charge is 2.10. The quantitative estimate of drug-likeness (QED) is 0.796. The van der Waals surface area contributed by atoms with Crippen molar-refractivity contribution in [1.29, 1.82) is 0 Å². The third kappa shape index (κ3) is 5.63. The molecule has 1 aliphatic rings. The van der Waals surface area contributed by atoms with Gasteiger partial charge in [0.1, 0.15) is 0 Å². The summed E-state index contributed by atoms with van der Waals surface area (Å²) in [4.78, 5) is 15.1. The van der Waals surface area contributed by atoms with E-state index in [-0.39, 0.29) is 5.91 Å². The van der Waals surface area contributed by atoms with Gasteiger partial charge in [0, 0.05) is 31.1 Å². The maximum atomic E-state index is 11.7. The fourth-order valence-corrected chi connectivity index (χ4v) is 2.64. The molecule has 104 valence electrons. The van der Waals surface area contributed by atoms with Gasteiger partial charge < -0.3 is 10.1 Å². The molecule has 1 heterocycles. The number of hydrogen-bond acceptors (Lipinski definition) is 4. The van der Waals surface area contributed by atoms with Crippen LogP contribution < -0.4 is 5.32 Å². The van der Waals surface area contributed by atoms with Crippen molar-refractivity contribution in [2.75, 3.05) is 45.1 Å². The van der Waals surface area contributed by atoms with Gasteiger partial charge in [-0.25, -0.2) is 0 Å². The fraction of sp³-hybridized carbons (Fsp3) is 0.500. The van der Waals surface area contributed by atoms with Gasteiger partial charge in [-0.15, -0.1) is 11.8 Å². The third-order valence-electron chi connectivity index (χ3n) is 2.97. The lowest BCUT2D eigenvalue weighted by atomic mass is 10.4. The molecule has 1 fully saturated rings. The second-order valence-corrected chi connectivity index (χ2v) is 5.45. The molecule has 0 spiro atoms. The van der Waals surface area contributed by atoms with E-state index < -0.39 is 0 Å². The highest BCUT2D eigenvalue weighted by molar-refractivity contribution is 8.00. The van der Waals surface area contributed by atoms with Crippen LogP contribution in [0.2, 0.25) is 0 Å². The number of rotatable bonds is 6. The van der Waals surface area contributed by atoms with Crippen LogP contribution in [0.15, 0.2) is 35.2 Å². The summed E-state index contributed by atoms with van der Waals surface area (Å²) in [6.45, 7) is 5.16. The van der Waals surface area contributed by atoms with Gasteiger partial charge in [-0.1, -0.05) is 18.2 Å². The van der Waals surface area contributed by atoms with Gasteiger partial charge >= 0.3 is 0 Å². The summed E-state index contributed by atoms with van der Waals surface area (Å²) >= 11 is 1.57. The Morgan fingerprint density at radius 2 is 2.00 bits per heavy atom. The smallest absolute Gasteiger partial charge is 0.230 e. The van der Waals surface area contributed by atoms with E-state index in [0.29, 0.717) is 12.3 Å².